The van der Waals surface area contributed by atoms with Gasteiger partial charge in [-0.25, -0.2) is 0 Å². The summed E-state index contributed by atoms with van der Waals surface area (Å²) >= 11 is 6.05. The predicted octanol–water partition coefficient (Wildman–Crippen LogP) is 3.88. The standard InChI is InChI=1S/C14H13ClN2O2/c1-9(17(18)19)7-11-12-8-10(15)4-5-14(12)16-6-2-3-13(11)16/h4-5,7-8H,2-3,6H2,1H3. The summed E-state index contributed by atoms with van der Waals surface area (Å²) in [6, 6.07) is 5.75. The molecule has 5 heteroatoms. The van der Waals surface area contributed by atoms with Crippen molar-refractivity contribution in [3.8, 4) is 0 Å². The smallest absolute Gasteiger partial charge is 0.243 e. The van der Waals surface area contributed by atoms with E-state index in [-0.39, 0.29) is 10.6 Å². The number of fused-ring (bicyclic) bond motifs is 3. The van der Waals surface area contributed by atoms with Crippen molar-refractivity contribution in [3.63, 3.8) is 0 Å². The second-order valence-electron chi connectivity index (χ2n) is 4.82. The summed E-state index contributed by atoms with van der Waals surface area (Å²) in [5.41, 5.74) is 3.39. The number of halogens is 1. The molecule has 0 saturated carbocycles. The lowest BCUT2D eigenvalue weighted by Gasteiger charge is -1.99. The number of aryl methyl sites for hydroxylation is 1. The van der Waals surface area contributed by atoms with E-state index in [2.05, 4.69) is 4.57 Å². The molecule has 0 aliphatic carbocycles. The van der Waals surface area contributed by atoms with Crippen LogP contribution in [-0.2, 0) is 13.0 Å². The zero-order valence-corrected chi connectivity index (χ0v) is 11.3. The largest absolute Gasteiger partial charge is 0.344 e. The summed E-state index contributed by atoms with van der Waals surface area (Å²) in [5, 5.41) is 12.5. The first-order chi connectivity index (χ1) is 9.08. The summed E-state index contributed by atoms with van der Waals surface area (Å²) in [6.45, 7) is 2.49. The molecule has 0 spiro atoms. The van der Waals surface area contributed by atoms with Gasteiger partial charge in [-0.15, -0.1) is 0 Å². The summed E-state index contributed by atoms with van der Waals surface area (Å²) in [5.74, 6) is 0. The molecule has 1 aromatic carbocycles. The first kappa shape index (κ1) is 12.2. The minimum Gasteiger partial charge on any atom is -0.344 e. The van der Waals surface area contributed by atoms with E-state index in [1.807, 2.05) is 18.2 Å². The average Bonchev–Trinajstić information content (AvgIpc) is 2.92. The van der Waals surface area contributed by atoms with E-state index in [9.17, 15) is 10.1 Å². The SMILES string of the molecule is CC(=Cc1c2n(c3ccc(Cl)cc13)CCC2)[N+](=O)[O-]. The van der Waals surface area contributed by atoms with Crippen molar-refractivity contribution in [2.24, 2.45) is 0 Å². The highest BCUT2D eigenvalue weighted by Crippen LogP contribution is 2.34. The van der Waals surface area contributed by atoms with E-state index in [1.165, 1.54) is 12.6 Å². The van der Waals surface area contributed by atoms with Crippen molar-refractivity contribution >= 4 is 28.6 Å². The van der Waals surface area contributed by atoms with Crippen LogP contribution in [0, 0.1) is 10.1 Å². The quantitative estimate of drug-likeness (QED) is 0.617. The molecule has 2 aromatic rings. The van der Waals surface area contributed by atoms with E-state index < -0.39 is 0 Å². The van der Waals surface area contributed by atoms with E-state index in [0.717, 1.165) is 35.9 Å². The lowest BCUT2D eigenvalue weighted by Crippen LogP contribution is -1.94. The van der Waals surface area contributed by atoms with Gasteiger partial charge in [0.15, 0.2) is 0 Å². The topological polar surface area (TPSA) is 48.1 Å². The lowest BCUT2D eigenvalue weighted by atomic mass is 10.1. The Hall–Kier alpha value is -1.81. The minimum absolute atomic E-state index is 0.155. The number of hydrogen-bond donors (Lipinski definition) is 0. The highest BCUT2D eigenvalue weighted by Gasteiger charge is 2.21. The third-order valence-electron chi connectivity index (χ3n) is 3.61. The van der Waals surface area contributed by atoms with Gasteiger partial charge in [-0.1, -0.05) is 11.6 Å². The third-order valence-corrected chi connectivity index (χ3v) is 3.85. The number of nitro groups is 1. The molecule has 0 radical (unpaired) electrons. The highest BCUT2D eigenvalue weighted by molar-refractivity contribution is 6.31. The monoisotopic (exact) mass is 276 g/mol. The molecular weight excluding hydrogens is 264 g/mol. The molecule has 3 rings (SSSR count). The van der Waals surface area contributed by atoms with Crippen LogP contribution >= 0.6 is 11.6 Å². The Morgan fingerprint density at radius 3 is 3.05 bits per heavy atom. The number of benzene rings is 1. The molecular formula is C14H13ClN2O2. The van der Waals surface area contributed by atoms with Gasteiger partial charge in [0.25, 0.3) is 0 Å². The van der Waals surface area contributed by atoms with Crippen LogP contribution in [0.3, 0.4) is 0 Å². The van der Waals surface area contributed by atoms with Crippen molar-refractivity contribution in [2.75, 3.05) is 0 Å². The number of allylic oxidation sites excluding steroid dienone is 1. The van der Waals surface area contributed by atoms with Crippen molar-refractivity contribution in [1.29, 1.82) is 0 Å². The molecule has 0 amide bonds. The maximum absolute atomic E-state index is 10.8. The normalized spacial score (nSPS) is 14.9. The van der Waals surface area contributed by atoms with E-state index in [4.69, 9.17) is 11.6 Å². The van der Waals surface area contributed by atoms with Crippen LogP contribution in [0.15, 0.2) is 23.9 Å². The molecule has 0 N–H and O–H groups in total. The summed E-state index contributed by atoms with van der Waals surface area (Å²) in [6.07, 6.45) is 3.71. The van der Waals surface area contributed by atoms with Gasteiger partial charge in [0, 0.05) is 46.7 Å². The Kier molecular flexibility index (Phi) is 2.82. The molecule has 0 atom stereocenters. The molecule has 4 nitrogen and oxygen atoms in total. The van der Waals surface area contributed by atoms with Gasteiger partial charge < -0.3 is 4.57 Å². The fourth-order valence-corrected chi connectivity index (χ4v) is 2.93. The molecule has 1 aliphatic rings. The first-order valence-corrected chi connectivity index (χ1v) is 6.59. The van der Waals surface area contributed by atoms with Crippen LogP contribution in [0.2, 0.25) is 5.02 Å². The number of rotatable bonds is 2. The Balaban J connectivity index is 2.31. The fraction of sp³-hybridized carbons (Fsp3) is 0.286. The van der Waals surface area contributed by atoms with Crippen molar-refractivity contribution in [1.82, 2.24) is 4.57 Å². The highest BCUT2D eigenvalue weighted by atomic mass is 35.5. The van der Waals surface area contributed by atoms with Gasteiger partial charge in [0.2, 0.25) is 5.70 Å². The zero-order chi connectivity index (χ0) is 13.6. The number of hydrogen-bond acceptors (Lipinski definition) is 2. The molecule has 0 saturated heterocycles. The molecule has 19 heavy (non-hydrogen) atoms. The maximum Gasteiger partial charge on any atom is 0.243 e. The van der Waals surface area contributed by atoms with Crippen molar-refractivity contribution < 1.29 is 4.92 Å². The van der Waals surface area contributed by atoms with Crippen LogP contribution in [-0.4, -0.2) is 9.49 Å². The lowest BCUT2D eigenvalue weighted by molar-refractivity contribution is -0.422. The first-order valence-electron chi connectivity index (χ1n) is 6.21. The average molecular weight is 277 g/mol. The van der Waals surface area contributed by atoms with Gasteiger partial charge in [0.05, 0.1) is 4.92 Å². The molecule has 2 heterocycles. The van der Waals surface area contributed by atoms with Gasteiger partial charge in [-0.2, -0.15) is 0 Å². The van der Waals surface area contributed by atoms with Gasteiger partial charge in [0.1, 0.15) is 0 Å². The van der Waals surface area contributed by atoms with Gasteiger partial charge >= 0.3 is 0 Å². The summed E-state index contributed by atoms with van der Waals surface area (Å²) in [4.78, 5) is 10.5. The minimum atomic E-state index is -0.352. The van der Waals surface area contributed by atoms with Crippen LogP contribution in [0.5, 0.6) is 0 Å². The summed E-state index contributed by atoms with van der Waals surface area (Å²) in [7, 11) is 0. The van der Waals surface area contributed by atoms with Crippen molar-refractivity contribution in [3.05, 3.63) is 50.3 Å². The molecule has 98 valence electrons. The van der Waals surface area contributed by atoms with Crippen molar-refractivity contribution in [2.45, 2.75) is 26.3 Å². The Morgan fingerprint density at radius 2 is 2.32 bits per heavy atom. The summed E-state index contributed by atoms with van der Waals surface area (Å²) < 4.78 is 2.24. The van der Waals surface area contributed by atoms with Crippen LogP contribution in [0.25, 0.3) is 17.0 Å². The van der Waals surface area contributed by atoms with E-state index in [1.54, 1.807) is 6.08 Å². The number of aromatic nitrogens is 1. The Labute approximate surface area is 115 Å². The molecule has 0 unspecified atom stereocenters. The van der Waals surface area contributed by atoms with Gasteiger partial charge in [-0.05, 0) is 31.0 Å². The number of nitrogens with zero attached hydrogens (tertiary/aromatic N) is 2. The second kappa shape index (κ2) is 4.38. The second-order valence-corrected chi connectivity index (χ2v) is 5.26. The fourth-order valence-electron chi connectivity index (χ4n) is 2.76. The van der Waals surface area contributed by atoms with E-state index >= 15 is 0 Å². The predicted molar refractivity (Wildman–Crippen MR) is 75.9 cm³/mol. The third kappa shape index (κ3) is 1.92. The van der Waals surface area contributed by atoms with Crippen LogP contribution in [0.4, 0.5) is 0 Å². The molecule has 1 aromatic heterocycles. The van der Waals surface area contributed by atoms with Crippen LogP contribution < -0.4 is 0 Å². The van der Waals surface area contributed by atoms with Gasteiger partial charge in [-0.3, -0.25) is 10.1 Å². The molecule has 1 aliphatic heterocycles. The molecule has 0 fully saturated rings. The molecule has 0 bridgehead atoms. The van der Waals surface area contributed by atoms with Crippen LogP contribution in [0.1, 0.15) is 24.6 Å². The maximum atomic E-state index is 10.8. The van der Waals surface area contributed by atoms with E-state index in [0.29, 0.717) is 5.02 Å². The zero-order valence-electron chi connectivity index (χ0n) is 10.5. The Bertz CT molecular complexity index is 716. The Morgan fingerprint density at radius 1 is 1.53 bits per heavy atom.